The fraction of sp³-hybridized carbons (Fsp3) is 0.667. The lowest BCUT2D eigenvalue weighted by molar-refractivity contribution is 0.745. The first-order chi connectivity index (χ1) is 7.78. The summed E-state index contributed by atoms with van der Waals surface area (Å²) in [5.74, 6) is 2.00. The van der Waals surface area contributed by atoms with Crippen molar-refractivity contribution in [3.63, 3.8) is 0 Å². The molecule has 0 aromatic carbocycles. The smallest absolute Gasteiger partial charge is 0.222 e. The van der Waals surface area contributed by atoms with E-state index in [1.807, 2.05) is 19.3 Å². The largest absolute Gasteiger partial charge is 0.351 e. The minimum absolute atomic E-state index is 0.562. The van der Waals surface area contributed by atoms with Crippen LogP contribution in [0.5, 0.6) is 0 Å². The number of hydrogen-bond acceptors (Lipinski definition) is 4. The highest BCUT2D eigenvalue weighted by Gasteiger charge is 2.24. The maximum atomic E-state index is 4.28. The van der Waals surface area contributed by atoms with Gasteiger partial charge in [0.15, 0.2) is 0 Å². The highest BCUT2D eigenvalue weighted by molar-refractivity contribution is 7.99. The molecule has 0 bridgehead atoms. The van der Waals surface area contributed by atoms with Crippen molar-refractivity contribution >= 4 is 17.7 Å². The third-order valence-corrected chi connectivity index (χ3v) is 4.13. The van der Waals surface area contributed by atoms with Gasteiger partial charge in [-0.05, 0) is 37.5 Å². The van der Waals surface area contributed by atoms with Gasteiger partial charge in [-0.25, -0.2) is 9.97 Å². The molecular formula is C12H19N3S. The molecule has 0 amide bonds. The summed E-state index contributed by atoms with van der Waals surface area (Å²) in [6.07, 6.45) is 7.54. The van der Waals surface area contributed by atoms with Crippen molar-refractivity contribution in [1.29, 1.82) is 0 Å². The number of nitrogens with zero attached hydrogens (tertiary/aromatic N) is 2. The lowest BCUT2D eigenvalue weighted by Gasteiger charge is -2.12. The van der Waals surface area contributed by atoms with Crippen LogP contribution in [0.2, 0.25) is 0 Å². The molecule has 4 heteroatoms. The van der Waals surface area contributed by atoms with Gasteiger partial charge in [-0.2, -0.15) is 11.8 Å². The standard InChI is InChI=1S/C12H19N3S/c1-3-16-11-5-4-10(6-11)15-12-13-7-9(2)8-14-12/h7-8,10-11H,3-6H2,1-2H3,(H,13,14,15). The van der Waals surface area contributed by atoms with E-state index in [-0.39, 0.29) is 0 Å². The van der Waals surface area contributed by atoms with Gasteiger partial charge in [-0.3, -0.25) is 0 Å². The second-order valence-corrected chi connectivity index (χ2v) is 5.89. The lowest BCUT2D eigenvalue weighted by Crippen LogP contribution is -2.17. The van der Waals surface area contributed by atoms with E-state index in [2.05, 4.69) is 34.0 Å². The summed E-state index contributed by atoms with van der Waals surface area (Å²) in [4.78, 5) is 8.57. The fourth-order valence-electron chi connectivity index (χ4n) is 2.11. The predicted octanol–water partition coefficient (Wildman–Crippen LogP) is 2.87. The Morgan fingerprint density at radius 3 is 2.81 bits per heavy atom. The Morgan fingerprint density at radius 1 is 1.38 bits per heavy atom. The molecule has 0 saturated heterocycles. The molecule has 1 saturated carbocycles. The third-order valence-electron chi connectivity index (χ3n) is 2.90. The van der Waals surface area contributed by atoms with Gasteiger partial charge in [0, 0.05) is 23.7 Å². The molecule has 2 atom stereocenters. The molecule has 0 radical (unpaired) electrons. The predicted molar refractivity (Wildman–Crippen MR) is 70.0 cm³/mol. The quantitative estimate of drug-likeness (QED) is 0.874. The van der Waals surface area contributed by atoms with Crippen molar-refractivity contribution in [1.82, 2.24) is 9.97 Å². The molecule has 16 heavy (non-hydrogen) atoms. The van der Waals surface area contributed by atoms with Crippen LogP contribution in [-0.4, -0.2) is 27.0 Å². The van der Waals surface area contributed by atoms with E-state index in [1.54, 1.807) is 0 Å². The van der Waals surface area contributed by atoms with E-state index in [0.29, 0.717) is 6.04 Å². The maximum absolute atomic E-state index is 4.28. The molecule has 1 fully saturated rings. The molecule has 1 heterocycles. The molecule has 1 N–H and O–H groups in total. The van der Waals surface area contributed by atoms with Crippen LogP contribution >= 0.6 is 11.8 Å². The third kappa shape index (κ3) is 3.11. The number of thioether (sulfide) groups is 1. The topological polar surface area (TPSA) is 37.8 Å². The first-order valence-electron chi connectivity index (χ1n) is 5.94. The van der Waals surface area contributed by atoms with E-state index in [1.165, 1.54) is 25.0 Å². The molecule has 88 valence electrons. The van der Waals surface area contributed by atoms with Crippen LogP contribution in [0.4, 0.5) is 5.95 Å². The van der Waals surface area contributed by atoms with Crippen LogP contribution in [0.1, 0.15) is 31.7 Å². The van der Waals surface area contributed by atoms with Crippen molar-refractivity contribution in [2.24, 2.45) is 0 Å². The van der Waals surface area contributed by atoms with E-state index >= 15 is 0 Å². The number of nitrogens with one attached hydrogen (secondary N) is 1. The number of aromatic nitrogens is 2. The Balaban J connectivity index is 1.84. The van der Waals surface area contributed by atoms with Gasteiger partial charge in [-0.15, -0.1) is 0 Å². The summed E-state index contributed by atoms with van der Waals surface area (Å²) in [5, 5.41) is 4.25. The van der Waals surface area contributed by atoms with Crippen molar-refractivity contribution in [3.05, 3.63) is 18.0 Å². The van der Waals surface area contributed by atoms with Crippen LogP contribution in [0, 0.1) is 6.92 Å². The Kier molecular flexibility index (Phi) is 4.04. The molecule has 0 aliphatic heterocycles. The lowest BCUT2D eigenvalue weighted by atomic mass is 10.2. The normalized spacial score (nSPS) is 24.6. The molecule has 1 aliphatic rings. The van der Waals surface area contributed by atoms with Crippen molar-refractivity contribution < 1.29 is 0 Å². The SMILES string of the molecule is CCSC1CCC(Nc2ncc(C)cn2)C1. The summed E-state index contributed by atoms with van der Waals surface area (Å²) < 4.78 is 0. The summed E-state index contributed by atoms with van der Waals surface area (Å²) >= 11 is 2.07. The van der Waals surface area contributed by atoms with Gasteiger partial charge in [-0.1, -0.05) is 6.92 Å². The minimum atomic E-state index is 0.562. The van der Waals surface area contributed by atoms with Gasteiger partial charge in [0.1, 0.15) is 0 Å². The first kappa shape index (κ1) is 11.7. The van der Waals surface area contributed by atoms with Crippen LogP contribution in [0.25, 0.3) is 0 Å². The summed E-state index contributed by atoms with van der Waals surface area (Å²) in [5.41, 5.74) is 1.11. The summed E-state index contributed by atoms with van der Waals surface area (Å²) in [7, 11) is 0. The molecule has 1 aromatic heterocycles. The highest BCUT2D eigenvalue weighted by atomic mass is 32.2. The van der Waals surface area contributed by atoms with Gasteiger partial charge in [0.25, 0.3) is 0 Å². The molecule has 1 aliphatic carbocycles. The molecule has 1 aromatic rings. The average Bonchev–Trinajstić information content (AvgIpc) is 2.70. The summed E-state index contributed by atoms with van der Waals surface area (Å²) in [6.45, 7) is 4.24. The summed E-state index contributed by atoms with van der Waals surface area (Å²) in [6, 6.07) is 0.562. The Bertz CT molecular complexity index is 326. The highest BCUT2D eigenvalue weighted by Crippen LogP contribution is 2.30. The van der Waals surface area contributed by atoms with E-state index in [4.69, 9.17) is 0 Å². The molecular weight excluding hydrogens is 218 g/mol. The zero-order valence-electron chi connectivity index (χ0n) is 9.94. The van der Waals surface area contributed by atoms with Gasteiger partial charge in [0.2, 0.25) is 5.95 Å². The maximum Gasteiger partial charge on any atom is 0.222 e. The van der Waals surface area contributed by atoms with Gasteiger partial charge < -0.3 is 5.32 Å². The Morgan fingerprint density at radius 2 is 2.12 bits per heavy atom. The molecule has 0 spiro atoms. The van der Waals surface area contributed by atoms with Crippen LogP contribution in [0.15, 0.2) is 12.4 Å². The number of rotatable bonds is 4. The Labute approximate surface area is 101 Å². The van der Waals surface area contributed by atoms with E-state index in [0.717, 1.165) is 16.8 Å². The minimum Gasteiger partial charge on any atom is -0.351 e. The zero-order valence-corrected chi connectivity index (χ0v) is 10.8. The molecule has 2 unspecified atom stereocenters. The van der Waals surface area contributed by atoms with Gasteiger partial charge in [0.05, 0.1) is 0 Å². The van der Waals surface area contributed by atoms with Crippen molar-refractivity contribution in [2.75, 3.05) is 11.1 Å². The average molecular weight is 237 g/mol. The number of hydrogen-bond donors (Lipinski definition) is 1. The second kappa shape index (κ2) is 5.53. The second-order valence-electron chi connectivity index (χ2n) is 4.32. The van der Waals surface area contributed by atoms with Crippen LogP contribution in [0.3, 0.4) is 0 Å². The zero-order chi connectivity index (χ0) is 11.4. The monoisotopic (exact) mass is 237 g/mol. The van der Waals surface area contributed by atoms with Crippen molar-refractivity contribution in [2.45, 2.75) is 44.4 Å². The first-order valence-corrected chi connectivity index (χ1v) is 6.99. The molecule has 2 rings (SSSR count). The Hall–Kier alpha value is -0.770. The van der Waals surface area contributed by atoms with Crippen LogP contribution < -0.4 is 5.32 Å². The van der Waals surface area contributed by atoms with Gasteiger partial charge >= 0.3 is 0 Å². The van der Waals surface area contributed by atoms with E-state index < -0.39 is 0 Å². The van der Waals surface area contributed by atoms with Crippen molar-refractivity contribution in [3.8, 4) is 0 Å². The molecule has 3 nitrogen and oxygen atoms in total. The van der Waals surface area contributed by atoms with E-state index in [9.17, 15) is 0 Å². The number of anilines is 1. The number of aryl methyl sites for hydroxylation is 1. The fourth-order valence-corrected chi connectivity index (χ4v) is 3.25. The van der Waals surface area contributed by atoms with Crippen LogP contribution in [-0.2, 0) is 0 Å².